The van der Waals surface area contributed by atoms with Crippen molar-refractivity contribution in [3.63, 3.8) is 0 Å². The summed E-state index contributed by atoms with van der Waals surface area (Å²) in [5.74, 6) is -0.806. The molecule has 0 atom stereocenters. The minimum atomic E-state index is -3.95. The van der Waals surface area contributed by atoms with Crippen molar-refractivity contribution in [2.45, 2.75) is 4.90 Å². The molecule has 1 aromatic carbocycles. The van der Waals surface area contributed by atoms with Crippen molar-refractivity contribution in [1.29, 1.82) is 0 Å². The topological polar surface area (TPSA) is 127 Å². The Morgan fingerprint density at radius 1 is 1.37 bits per heavy atom. The Morgan fingerprint density at radius 3 is 2.58 bits per heavy atom. The Balaban J connectivity index is 2.83. The second kappa shape index (κ2) is 6.04. The second-order valence-corrected chi connectivity index (χ2v) is 5.64. The average molecular weight is 311 g/mol. The number of urea groups is 1. The van der Waals surface area contributed by atoms with E-state index in [0.717, 1.165) is 12.1 Å². The number of nitrogen functional groups attached to an aromatic ring is 1. The first kappa shape index (κ1) is 15.5. The van der Waals surface area contributed by atoms with Crippen LogP contribution in [0.4, 0.5) is 14.9 Å². The number of carbonyl (C=O) groups excluding carboxylic acids is 1. The van der Waals surface area contributed by atoms with Gasteiger partial charge >= 0.3 is 6.03 Å². The number of hydrogen-bond donors (Lipinski definition) is 4. The predicted octanol–water partition coefficient (Wildman–Crippen LogP) is 0.00790. The van der Waals surface area contributed by atoms with E-state index >= 15 is 0 Å². The fourth-order valence-corrected chi connectivity index (χ4v) is 2.78. The van der Waals surface area contributed by atoms with Gasteiger partial charge in [-0.25, -0.2) is 22.3 Å². The second-order valence-electron chi connectivity index (χ2n) is 3.49. The SMILES string of the molecule is NC(=O)NCCNS(=O)(=O)c1cc(N)c(F)cc1Cl. The lowest BCUT2D eigenvalue weighted by molar-refractivity contribution is 0.249. The Hall–Kier alpha value is -1.58. The summed E-state index contributed by atoms with van der Waals surface area (Å²) in [7, 11) is -3.95. The van der Waals surface area contributed by atoms with Crippen molar-refractivity contribution >= 4 is 33.3 Å². The minimum Gasteiger partial charge on any atom is -0.396 e. The molecular formula is C9H12ClFN4O3S. The van der Waals surface area contributed by atoms with Gasteiger partial charge in [0.05, 0.1) is 10.7 Å². The third kappa shape index (κ3) is 4.23. The summed E-state index contributed by atoms with van der Waals surface area (Å²) in [6.07, 6.45) is 0. The van der Waals surface area contributed by atoms with Crippen LogP contribution in [0.15, 0.2) is 17.0 Å². The number of nitrogens with two attached hydrogens (primary N) is 2. The smallest absolute Gasteiger partial charge is 0.312 e. The quantitative estimate of drug-likeness (QED) is 0.451. The van der Waals surface area contributed by atoms with Crippen molar-refractivity contribution in [3.05, 3.63) is 23.0 Å². The Kier molecular flexibility index (Phi) is 4.92. The first-order valence-corrected chi connectivity index (χ1v) is 6.87. The van der Waals surface area contributed by atoms with Gasteiger partial charge in [-0.3, -0.25) is 0 Å². The first-order valence-electron chi connectivity index (χ1n) is 5.01. The van der Waals surface area contributed by atoms with Crippen molar-refractivity contribution in [2.24, 2.45) is 5.73 Å². The third-order valence-corrected chi connectivity index (χ3v) is 3.98. The van der Waals surface area contributed by atoms with E-state index in [0.29, 0.717) is 0 Å². The van der Waals surface area contributed by atoms with Gasteiger partial charge < -0.3 is 16.8 Å². The largest absolute Gasteiger partial charge is 0.396 e. The van der Waals surface area contributed by atoms with Crippen LogP contribution < -0.4 is 21.5 Å². The standard InChI is InChI=1S/C9H12ClFN4O3S/c10-5-3-6(11)7(12)4-8(5)19(17,18)15-2-1-14-9(13)16/h3-4,15H,1-2,12H2,(H3,13,14,16). The summed E-state index contributed by atoms with van der Waals surface area (Å²) < 4.78 is 38.9. The van der Waals surface area contributed by atoms with E-state index < -0.39 is 21.9 Å². The molecule has 10 heteroatoms. The maximum atomic E-state index is 13.1. The van der Waals surface area contributed by atoms with Crippen LogP contribution in [0.1, 0.15) is 0 Å². The summed E-state index contributed by atoms with van der Waals surface area (Å²) in [5.41, 5.74) is 9.76. The lowest BCUT2D eigenvalue weighted by Crippen LogP contribution is -2.37. The molecule has 0 bridgehead atoms. The number of benzene rings is 1. The van der Waals surface area contributed by atoms with E-state index in [9.17, 15) is 17.6 Å². The summed E-state index contributed by atoms with van der Waals surface area (Å²) in [4.78, 5) is 10.0. The first-order chi connectivity index (χ1) is 8.74. The van der Waals surface area contributed by atoms with Gasteiger partial charge in [0.25, 0.3) is 0 Å². The number of carbonyl (C=O) groups is 1. The van der Waals surface area contributed by atoms with Crippen LogP contribution in [-0.2, 0) is 10.0 Å². The highest BCUT2D eigenvalue weighted by Gasteiger charge is 2.19. The molecule has 0 aliphatic carbocycles. The van der Waals surface area contributed by atoms with Gasteiger partial charge in [-0.15, -0.1) is 0 Å². The number of halogens is 2. The maximum Gasteiger partial charge on any atom is 0.312 e. The Labute approximate surface area is 114 Å². The Bertz CT molecular complexity index is 593. The molecule has 0 aliphatic rings. The molecule has 1 rings (SSSR count). The van der Waals surface area contributed by atoms with Gasteiger partial charge in [0.2, 0.25) is 10.0 Å². The van der Waals surface area contributed by atoms with Gasteiger partial charge in [-0.2, -0.15) is 0 Å². The molecule has 0 radical (unpaired) electrons. The van der Waals surface area contributed by atoms with Crippen molar-refractivity contribution in [3.8, 4) is 0 Å². The van der Waals surface area contributed by atoms with Crippen LogP contribution in [-0.4, -0.2) is 27.5 Å². The molecule has 106 valence electrons. The molecule has 0 aromatic heterocycles. The van der Waals surface area contributed by atoms with Gasteiger partial charge in [-0.1, -0.05) is 11.6 Å². The number of amides is 2. The number of rotatable bonds is 5. The average Bonchev–Trinajstić information content (AvgIpc) is 2.29. The van der Waals surface area contributed by atoms with Gasteiger partial charge in [0.1, 0.15) is 10.7 Å². The number of anilines is 1. The fourth-order valence-electron chi connectivity index (χ4n) is 1.20. The Morgan fingerprint density at radius 2 is 2.00 bits per heavy atom. The predicted molar refractivity (Wildman–Crippen MR) is 68.6 cm³/mol. The molecule has 6 N–H and O–H groups in total. The van der Waals surface area contributed by atoms with E-state index in [2.05, 4.69) is 10.0 Å². The summed E-state index contributed by atoms with van der Waals surface area (Å²) in [6, 6.07) is 0.956. The molecule has 0 fully saturated rings. The molecular weight excluding hydrogens is 299 g/mol. The highest BCUT2D eigenvalue weighted by atomic mass is 35.5. The highest BCUT2D eigenvalue weighted by molar-refractivity contribution is 7.89. The van der Waals surface area contributed by atoms with Gasteiger partial charge in [0.15, 0.2) is 0 Å². The molecule has 0 saturated heterocycles. The zero-order chi connectivity index (χ0) is 14.6. The van der Waals surface area contributed by atoms with Crippen LogP contribution >= 0.6 is 11.6 Å². The maximum absolute atomic E-state index is 13.1. The number of primary amides is 1. The molecule has 0 aliphatic heterocycles. The normalized spacial score (nSPS) is 11.3. The zero-order valence-corrected chi connectivity index (χ0v) is 11.2. The number of hydrogen-bond acceptors (Lipinski definition) is 4. The van der Waals surface area contributed by atoms with Crippen LogP contribution in [0.5, 0.6) is 0 Å². The molecule has 0 saturated carbocycles. The molecule has 1 aromatic rings. The number of nitrogens with one attached hydrogen (secondary N) is 2. The summed E-state index contributed by atoms with van der Waals surface area (Å²) >= 11 is 5.64. The molecule has 19 heavy (non-hydrogen) atoms. The molecule has 7 nitrogen and oxygen atoms in total. The molecule has 0 heterocycles. The highest BCUT2D eigenvalue weighted by Crippen LogP contribution is 2.25. The lowest BCUT2D eigenvalue weighted by atomic mass is 10.3. The van der Waals surface area contributed by atoms with Gasteiger partial charge in [0, 0.05) is 13.1 Å². The molecule has 2 amide bonds. The summed E-state index contributed by atoms with van der Waals surface area (Å²) in [5, 5.41) is 1.91. The lowest BCUT2D eigenvalue weighted by Gasteiger charge is -2.09. The van der Waals surface area contributed by atoms with E-state index in [1.807, 2.05) is 0 Å². The van der Waals surface area contributed by atoms with Crippen LogP contribution in [0, 0.1) is 5.82 Å². The van der Waals surface area contributed by atoms with Crippen molar-refractivity contribution < 1.29 is 17.6 Å². The van der Waals surface area contributed by atoms with Crippen molar-refractivity contribution in [1.82, 2.24) is 10.0 Å². The van der Waals surface area contributed by atoms with E-state index in [-0.39, 0.29) is 28.7 Å². The third-order valence-electron chi connectivity index (χ3n) is 2.06. The monoisotopic (exact) mass is 310 g/mol. The van der Waals surface area contributed by atoms with Crippen LogP contribution in [0.2, 0.25) is 5.02 Å². The van der Waals surface area contributed by atoms with Crippen LogP contribution in [0.25, 0.3) is 0 Å². The molecule has 0 unspecified atom stereocenters. The van der Waals surface area contributed by atoms with Gasteiger partial charge in [-0.05, 0) is 12.1 Å². The zero-order valence-electron chi connectivity index (χ0n) is 9.61. The van der Waals surface area contributed by atoms with E-state index in [1.54, 1.807) is 0 Å². The number of sulfonamides is 1. The summed E-state index contributed by atoms with van der Waals surface area (Å²) in [6.45, 7) is -0.0955. The van der Waals surface area contributed by atoms with E-state index in [4.69, 9.17) is 23.1 Å². The van der Waals surface area contributed by atoms with Crippen LogP contribution in [0.3, 0.4) is 0 Å². The molecule has 0 spiro atoms. The van der Waals surface area contributed by atoms with E-state index in [1.165, 1.54) is 0 Å². The minimum absolute atomic E-state index is 0.00284. The van der Waals surface area contributed by atoms with Crippen molar-refractivity contribution in [2.75, 3.05) is 18.8 Å². The fraction of sp³-hybridized carbons (Fsp3) is 0.222.